The lowest BCUT2D eigenvalue weighted by Gasteiger charge is -2.22. The van der Waals surface area contributed by atoms with Gasteiger partial charge >= 0.3 is 0 Å². The van der Waals surface area contributed by atoms with E-state index in [1.165, 1.54) is 17.8 Å². The second-order valence-electron chi connectivity index (χ2n) is 4.08. The Kier molecular flexibility index (Phi) is 3.27. The molecule has 15 heavy (non-hydrogen) atoms. The highest BCUT2D eigenvalue weighted by Crippen LogP contribution is 2.24. The van der Waals surface area contributed by atoms with E-state index >= 15 is 0 Å². The Bertz CT molecular complexity index is 322. The lowest BCUT2D eigenvalue weighted by atomic mass is 10.1. The van der Waals surface area contributed by atoms with Crippen LogP contribution in [0.2, 0.25) is 0 Å². The van der Waals surface area contributed by atoms with Crippen LogP contribution in [0.1, 0.15) is 19.4 Å². The fraction of sp³-hybridized carbons (Fsp3) is 0.538. The molecule has 82 valence electrons. The van der Waals surface area contributed by atoms with Crippen LogP contribution in [0.4, 0.5) is 5.69 Å². The molecule has 2 heteroatoms. The number of hydrogen-bond donors (Lipinski definition) is 0. The summed E-state index contributed by atoms with van der Waals surface area (Å²) in [6.07, 6.45) is 0. The van der Waals surface area contributed by atoms with E-state index in [9.17, 15) is 0 Å². The van der Waals surface area contributed by atoms with Crippen LogP contribution >= 0.6 is 0 Å². The predicted octanol–water partition coefficient (Wildman–Crippen LogP) is 2.35. The van der Waals surface area contributed by atoms with Crippen LogP contribution < -0.4 is 4.90 Å². The van der Waals surface area contributed by atoms with Crippen molar-refractivity contribution in [3.05, 3.63) is 29.8 Å². The number of benzene rings is 1. The molecule has 0 unspecified atom stereocenters. The van der Waals surface area contributed by atoms with Gasteiger partial charge in [0.05, 0.1) is 0 Å². The van der Waals surface area contributed by atoms with Crippen molar-refractivity contribution < 1.29 is 0 Å². The van der Waals surface area contributed by atoms with Crippen molar-refractivity contribution in [1.29, 1.82) is 0 Å². The predicted molar refractivity (Wildman–Crippen MR) is 65.3 cm³/mol. The molecule has 1 aliphatic heterocycles. The van der Waals surface area contributed by atoms with Crippen LogP contribution in [0.15, 0.2) is 24.3 Å². The summed E-state index contributed by atoms with van der Waals surface area (Å²) in [7, 11) is 0. The summed E-state index contributed by atoms with van der Waals surface area (Å²) in [5.41, 5.74) is 2.90. The van der Waals surface area contributed by atoms with Crippen LogP contribution in [-0.2, 0) is 6.54 Å². The summed E-state index contributed by atoms with van der Waals surface area (Å²) in [4.78, 5) is 4.99. The van der Waals surface area contributed by atoms with E-state index in [4.69, 9.17) is 0 Å². The molecule has 0 saturated heterocycles. The zero-order chi connectivity index (χ0) is 10.7. The molecule has 0 N–H and O–H groups in total. The quantitative estimate of drug-likeness (QED) is 0.729. The molecule has 0 aliphatic carbocycles. The summed E-state index contributed by atoms with van der Waals surface area (Å²) in [5.74, 6) is 0. The fourth-order valence-electron chi connectivity index (χ4n) is 2.25. The molecule has 0 amide bonds. The van der Waals surface area contributed by atoms with E-state index in [1.807, 2.05) is 0 Å². The highest BCUT2D eigenvalue weighted by atomic mass is 15.2. The molecule has 1 heterocycles. The van der Waals surface area contributed by atoms with Gasteiger partial charge in [-0.05, 0) is 25.1 Å². The normalized spacial score (nSPS) is 17.3. The highest BCUT2D eigenvalue weighted by molar-refractivity contribution is 5.54. The van der Waals surface area contributed by atoms with Crippen molar-refractivity contribution in [3.63, 3.8) is 0 Å². The molecular weight excluding hydrogens is 184 g/mol. The molecule has 1 aliphatic rings. The lowest BCUT2D eigenvalue weighted by Crippen LogP contribution is -2.31. The Labute approximate surface area is 92.5 Å². The van der Waals surface area contributed by atoms with Gasteiger partial charge in [-0.25, -0.2) is 0 Å². The summed E-state index contributed by atoms with van der Waals surface area (Å²) in [6.45, 7) is 10.2. The standard InChI is InChI=1S/C13H20N2/c1-3-14-9-10-15(4-2)13-8-6-5-7-12(13)11-14/h5-8H,3-4,9-11H2,1-2H3. The molecule has 0 bridgehead atoms. The van der Waals surface area contributed by atoms with E-state index in [-0.39, 0.29) is 0 Å². The lowest BCUT2D eigenvalue weighted by molar-refractivity contribution is 0.293. The smallest absolute Gasteiger partial charge is 0.0412 e. The van der Waals surface area contributed by atoms with Crippen molar-refractivity contribution in [2.24, 2.45) is 0 Å². The SMILES string of the molecule is CCN1CCN(CC)c2ccccc2C1. The van der Waals surface area contributed by atoms with Gasteiger partial charge in [-0.3, -0.25) is 4.90 Å². The Hall–Kier alpha value is -1.02. The third-order valence-electron chi connectivity index (χ3n) is 3.24. The molecule has 0 radical (unpaired) electrons. The topological polar surface area (TPSA) is 6.48 Å². The third kappa shape index (κ3) is 2.15. The first kappa shape index (κ1) is 10.5. The first-order valence-corrected chi connectivity index (χ1v) is 5.90. The second kappa shape index (κ2) is 4.67. The van der Waals surface area contributed by atoms with Crippen molar-refractivity contribution in [2.45, 2.75) is 20.4 Å². The summed E-state index contributed by atoms with van der Waals surface area (Å²) < 4.78 is 0. The van der Waals surface area contributed by atoms with E-state index in [1.54, 1.807) is 0 Å². The fourth-order valence-corrected chi connectivity index (χ4v) is 2.25. The van der Waals surface area contributed by atoms with Gasteiger partial charge < -0.3 is 4.90 Å². The number of para-hydroxylation sites is 1. The van der Waals surface area contributed by atoms with Gasteiger partial charge in [0, 0.05) is 31.9 Å². The Morgan fingerprint density at radius 3 is 2.60 bits per heavy atom. The average Bonchev–Trinajstić information content (AvgIpc) is 2.47. The van der Waals surface area contributed by atoms with Crippen LogP contribution in [0, 0.1) is 0 Å². The number of fused-ring (bicyclic) bond motifs is 1. The first-order valence-electron chi connectivity index (χ1n) is 5.90. The molecule has 2 nitrogen and oxygen atoms in total. The number of anilines is 1. The van der Waals surface area contributed by atoms with Crippen molar-refractivity contribution in [3.8, 4) is 0 Å². The van der Waals surface area contributed by atoms with Gasteiger partial charge in [0.2, 0.25) is 0 Å². The van der Waals surface area contributed by atoms with Crippen molar-refractivity contribution >= 4 is 5.69 Å². The molecule has 2 rings (SSSR count). The second-order valence-corrected chi connectivity index (χ2v) is 4.08. The molecule has 0 fully saturated rings. The highest BCUT2D eigenvalue weighted by Gasteiger charge is 2.16. The van der Waals surface area contributed by atoms with Crippen LogP contribution in [0.3, 0.4) is 0 Å². The van der Waals surface area contributed by atoms with Crippen LogP contribution in [0.5, 0.6) is 0 Å². The van der Waals surface area contributed by atoms with Gasteiger partial charge in [-0.1, -0.05) is 25.1 Å². The summed E-state index contributed by atoms with van der Waals surface area (Å²) >= 11 is 0. The van der Waals surface area contributed by atoms with E-state index in [0.717, 1.165) is 26.2 Å². The van der Waals surface area contributed by atoms with Crippen molar-refractivity contribution in [2.75, 3.05) is 31.1 Å². The molecular formula is C13H20N2. The molecule has 0 spiro atoms. The summed E-state index contributed by atoms with van der Waals surface area (Å²) in [6, 6.07) is 8.79. The zero-order valence-corrected chi connectivity index (χ0v) is 9.74. The van der Waals surface area contributed by atoms with Crippen molar-refractivity contribution in [1.82, 2.24) is 4.90 Å². The Balaban J connectivity index is 2.31. The number of hydrogen-bond acceptors (Lipinski definition) is 2. The molecule has 0 atom stereocenters. The minimum absolute atomic E-state index is 1.10. The number of nitrogens with zero attached hydrogens (tertiary/aromatic N) is 2. The van der Waals surface area contributed by atoms with Gasteiger partial charge in [0.25, 0.3) is 0 Å². The monoisotopic (exact) mass is 204 g/mol. The van der Waals surface area contributed by atoms with Crippen LogP contribution in [0.25, 0.3) is 0 Å². The molecule has 1 aromatic carbocycles. The largest absolute Gasteiger partial charge is 0.370 e. The Morgan fingerprint density at radius 2 is 1.87 bits per heavy atom. The maximum Gasteiger partial charge on any atom is 0.0412 e. The Morgan fingerprint density at radius 1 is 1.07 bits per heavy atom. The van der Waals surface area contributed by atoms with Gasteiger partial charge in [-0.15, -0.1) is 0 Å². The third-order valence-corrected chi connectivity index (χ3v) is 3.24. The average molecular weight is 204 g/mol. The maximum absolute atomic E-state index is 2.51. The van der Waals surface area contributed by atoms with Crippen LogP contribution in [-0.4, -0.2) is 31.1 Å². The minimum Gasteiger partial charge on any atom is -0.370 e. The number of likely N-dealkylation sites (N-methyl/N-ethyl adjacent to an activating group) is 2. The zero-order valence-electron chi connectivity index (χ0n) is 9.74. The summed E-state index contributed by atoms with van der Waals surface area (Å²) in [5, 5.41) is 0. The molecule has 0 saturated carbocycles. The first-order chi connectivity index (χ1) is 7.35. The molecule has 0 aromatic heterocycles. The van der Waals surface area contributed by atoms with E-state index in [2.05, 4.69) is 47.9 Å². The van der Waals surface area contributed by atoms with Gasteiger partial charge in [0.1, 0.15) is 0 Å². The molecule has 1 aromatic rings. The number of rotatable bonds is 2. The minimum atomic E-state index is 1.10. The van der Waals surface area contributed by atoms with Gasteiger partial charge in [0.15, 0.2) is 0 Å². The van der Waals surface area contributed by atoms with E-state index < -0.39 is 0 Å². The maximum atomic E-state index is 2.51. The van der Waals surface area contributed by atoms with E-state index in [0.29, 0.717) is 0 Å². The van der Waals surface area contributed by atoms with Gasteiger partial charge in [-0.2, -0.15) is 0 Å².